The van der Waals surface area contributed by atoms with Gasteiger partial charge in [-0.15, -0.1) is 0 Å². The van der Waals surface area contributed by atoms with Crippen molar-refractivity contribution >= 4 is 11.9 Å². The van der Waals surface area contributed by atoms with Gasteiger partial charge in [0.25, 0.3) is 0 Å². The van der Waals surface area contributed by atoms with Gasteiger partial charge in [-0.1, -0.05) is 19.1 Å². The van der Waals surface area contributed by atoms with Crippen LogP contribution in [0.1, 0.15) is 32.6 Å². The second-order valence-electron chi connectivity index (χ2n) is 6.57. The van der Waals surface area contributed by atoms with Gasteiger partial charge in [0.2, 0.25) is 5.91 Å². The predicted molar refractivity (Wildman–Crippen MR) is 74.9 cm³/mol. The Balaban J connectivity index is 1.76. The molecule has 110 valence electrons. The third-order valence-electron chi connectivity index (χ3n) is 5.01. The molecule has 3 aliphatic carbocycles. The van der Waals surface area contributed by atoms with E-state index in [2.05, 4.69) is 13.0 Å². The number of allylic oxidation sites excluding steroid dienone is 2. The fourth-order valence-electron chi connectivity index (χ4n) is 3.88. The third kappa shape index (κ3) is 2.36. The number of hydrogen-bond donors (Lipinski definition) is 1. The quantitative estimate of drug-likeness (QED) is 0.757. The number of aliphatic carboxylic acids is 1. The molecule has 4 nitrogen and oxygen atoms in total. The van der Waals surface area contributed by atoms with E-state index in [9.17, 15) is 14.7 Å². The minimum Gasteiger partial charge on any atom is -0.481 e. The Bertz CT molecular complexity index is 441. The minimum absolute atomic E-state index is 0.0656. The van der Waals surface area contributed by atoms with Crippen molar-refractivity contribution in [2.24, 2.45) is 29.6 Å². The molecule has 0 heterocycles. The molecule has 0 aliphatic heterocycles. The molecule has 4 atom stereocenters. The van der Waals surface area contributed by atoms with Gasteiger partial charge in [-0.3, -0.25) is 9.59 Å². The minimum atomic E-state index is -0.803. The summed E-state index contributed by atoms with van der Waals surface area (Å²) in [6.07, 6.45) is 8.27. The fraction of sp³-hybridized carbons (Fsp3) is 0.750. The van der Waals surface area contributed by atoms with Crippen LogP contribution >= 0.6 is 0 Å². The number of rotatable bonds is 6. The van der Waals surface area contributed by atoms with Gasteiger partial charge in [0, 0.05) is 13.1 Å². The first-order valence-electron chi connectivity index (χ1n) is 7.81. The summed E-state index contributed by atoms with van der Waals surface area (Å²) < 4.78 is 0. The lowest BCUT2D eigenvalue weighted by Crippen LogP contribution is -2.44. The number of carbonyl (C=O) groups excluding carboxylic acids is 1. The number of amides is 1. The second kappa shape index (κ2) is 5.23. The van der Waals surface area contributed by atoms with E-state index in [1.807, 2.05) is 11.0 Å². The smallest absolute Gasteiger partial charge is 0.307 e. The molecule has 3 aliphatic rings. The molecule has 2 fully saturated rings. The molecular formula is C16H23NO3. The van der Waals surface area contributed by atoms with Crippen LogP contribution in [0.15, 0.2) is 12.2 Å². The summed E-state index contributed by atoms with van der Waals surface area (Å²) in [5.41, 5.74) is 0. The van der Waals surface area contributed by atoms with Crippen molar-refractivity contribution in [3.05, 3.63) is 12.2 Å². The normalized spacial score (nSPS) is 34.5. The SMILES string of the molecule is CCCN(CC1CC1)C(=O)[C@H]1C2C=CC(C2)[C@H]1C(=O)O. The van der Waals surface area contributed by atoms with Crippen LogP contribution in [-0.2, 0) is 9.59 Å². The fourth-order valence-corrected chi connectivity index (χ4v) is 3.88. The summed E-state index contributed by atoms with van der Waals surface area (Å²) in [7, 11) is 0. The Hall–Kier alpha value is -1.32. The van der Waals surface area contributed by atoms with E-state index in [0.29, 0.717) is 5.92 Å². The van der Waals surface area contributed by atoms with Gasteiger partial charge in [-0.05, 0) is 43.4 Å². The first-order chi connectivity index (χ1) is 9.61. The van der Waals surface area contributed by atoms with Gasteiger partial charge in [-0.25, -0.2) is 0 Å². The summed E-state index contributed by atoms with van der Waals surface area (Å²) >= 11 is 0. The maximum atomic E-state index is 12.8. The number of hydrogen-bond acceptors (Lipinski definition) is 2. The first-order valence-corrected chi connectivity index (χ1v) is 7.81. The van der Waals surface area contributed by atoms with E-state index in [4.69, 9.17) is 0 Å². The number of carboxylic acids is 1. The van der Waals surface area contributed by atoms with E-state index < -0.39 is 11.9 Å². The highest BCUT2D eigenvalue weighted by Crippen LogP contribution is 2.49. The number of carboxylic acid groups (broad SMARTS) is 1. The maximum absolute atomic E-state index is 12.8. The van der Waals surface area contributed by atoms with Crippen molar-refractivity contribution in [3.63, 3.8) is 0 Å². The molecule has 2 bridgehead atoms. The summed E-state index contributed by atoms with van der Waals surface area (Å²) in [4.78, 5) is 26.3. The van der Waals surface area contributed by atoms with Crippen molar-refractivity contribution in [1.29, 1.82) is 0 Å². The number of fused-ring (bicyclic) bond motifs is 2. The van der Waals surface area contributed by atoms with Gasteiger partial charge >= 0.3 is 5.97 Å². The largest absolute Gasteiger partial charge is 0.481 e. The number of carbonyl (C=O) groups is 2. The van der Waals surface area contributed by atoms with Gasteiger partial charge < -0.3 is 10.0 Å². The molecule has 20 heavy (non-hydrogen) atoms. The molecule has 0 spiro atoms. The Morgan fingerprint density at radius 2 is 1.85 bits per heavy atom. The molecular weight excluding hydrogens is 254 g/mol. The van der Waals surface area contributed by atoms with Gasteiger partial charge in [0.15, 0.2) is 0 Å². The molecule has 0 aromatic carbocycles. The molecule has 1 N–H and O–H groups in total. The summed E-state index contributed by atoms with van der Waals surface area (Å²) in [5, 5.41) is 9.46. The Kier molecular flexibility index (Phi) is 3.57. The zero-order chi connectivity index (χ0) is 14.3. The highest BCUT2D eigenvalue weighted by molar-refractivity contribution is 5.87. The standard InChI is InChI=1S/C16H23NO3/c1-2-7-17(9-10-3-4-10)15(18)13-11-5-6-12(8-11)14(13)16(19)20/h5-6,10-14H,2-4,7-9H2,1H3,(H,19,20)/t11?,12?,13-,14+/m0/s1. The zero-order valence-electron chi connectivity index (χ0n) is 12.0. The zero-order valence-corrected chi connectivity index (χ0v) is 12.0. The lowest BCUT2D eigenvalue weighted by Gasteiger charge is -2.31. The van der Waals surface area contributed by atoms with Crippen LogP contribution in [0.3, 0.4) is 0 Å². The highest BCUT2D eigenvalue weighted by atomic mass is 16.4. The van der Waals surface area contributed by atoms with Crippen molar-refractivity contribution < 1.29 is 14.7 Å². The van der Waals surface area contributed by atoms with Crippen LogP contribution in [0.2, 0.25) is 0 Å². The van der Waals surface area contributed by atoms with Crippen LogP contribution in [0, 0.1) is 29.6 Å². The van der Waals surface area contributed by atoms with E-state index in [1.165, 1.54) is 12.8 Å². The summed E-state index contributed by atoms with van der Waals surface area (Å²) in [6.45, 7) is 3.67. The topological polar surface area (TPSA) is 57.6 Å². The van der Waals surface area contributed by atoms with Crippen molar-refractivity contribution in [2.45, 2.75) is 32.6 Å². The molecule has 0 aromatic heterocycles. The summed E-state index contributed by atoms with van der Waals surface area (Å²) in [5.74, 6) is -0.680. The molecule has 1 amide bonds. The third-order valence-corrected chi connectivity index (χ3v) is 5.01. The van der Waals surface area contributed by atoms with Crippen LogP contribution in [0.4, 0.5) is 0 Å². The van der Waals surface area contributed by atoms with Gasteiger partial charge in [-0.2, -0.15) is 0 Å². The Morgan fingerprint density at radius 3 is 2.40 bits per heavy atom. The van der Waals surface area contributed by atoms with E-state index >= 15 is 0 Å². The maximum Gasteiger partial charge on any atom is 0.307 e. The van der Waals surface area contributed by atoms with Crippen LogP contribution in [0.5, 0.6) is 0 Å². The average molecular weight is 277 g/mol. The van der Waals surface area contributed by atoms with Crippen molar-refractivity contribution in [1.82, 2.24) is 4.90 Å². The van der Waals surface area contributed by atoms with Gasteiger partial charge in [0.05, 0.1) is 11.8 Å². The molecule has 0 aromatic rings. The lowest BCUT2D eigenvalue weighted by atomic mass is 9.82. The van der Waals surface area contributed by atoms with E-state index in [0.717, 1.165) is 25.9 Å². The van der Waals surface area contributed by atoms with Crippen molar-refractivity contribution in [3.8, 4) is 0 Å². The van der Waals surface area contributed by atoms with E-state index in [-0.39, 0.29) is 23.7 Å². The average Bonchev–Trinajstić information content (AvgIpc) is 3.00. The molecule has 2 unspecified atom stereocenters. The Morgan fingerprint density at radius 1 is 1.20 bits per heavy atom. The Labute approximate surface area is 119 Å². The van der Waals surface area contributed by atoms with E-state index in [1.54, 1.807) is 0 Å². The monoisotopic (exact) mass is 277 g/mol. The van der Waals surface area contributed by atoms with Crippen LogP contribution in [-0.4, -0.2) is 35.0 Å². The van der Waals surface area contributed by atoms with Crippen LogP contribution in [0.25, 0.3) is 0 Å². The molecule has 0 radical (unpaired) electrons. The molecule has 0 saturated heterocycles. The van der Waals surface area contributed by atoms with Crippen molar-refractivity contribution in [2.75, 3.05) is 13.1 Å². The molecule has 4 heteroatoms. The molecule has 3 rings (SSSR count). The first kappa shape index (κ1) is 13.7. The summed E-state index contributed by atoms with van der Waals surface area (Å²) in [6, 6.07) is 0. The van der Waals surface area contributed by atoms with Gasteiger partial charge in [0.1, 0.15) is 0 Å². The highest BCUT2D eigenvalue weighted by Gasteiger charge is 2.52. The predicted octanol–water partition coefficient (Wildman–Crippen LogP) is 2.16. The number of nitrogens with zero attached hydrogens (tertiary/aromatic N) is 1. The molecule has 2 saturated carbocycles. The lowest BCUT2D eigenvalue weighted by molar-refractivity contribution is -0.151. The van der Waals surface area contributed by atoms with Crippen LogP contribution < -0.4 is 0 Å². The second-order valence-corrected chi connectivity index (χ2v) is 6.57.